The van der Waals surface area contributed by atoms with Crippen LogP contribution in [0.3, 0.4) is 0 Å². The van der Waals surface area contributed by atoms with Crippen LogP contribution in [0.2, 0.25) is 0 Å². The van der Waals surface area contributed by atoms with Crippen molar-refractivity contribution < 1.29 is 4.57 Å². The van der Waals surface area contributed by atoms with E-state index in [1.165, 1.54) is 28.1 Å². The standard InChI is InChI=1S/C18H24N/c1-13(2)12-18-15(4)10-11-17(19(18)5)16-9-7-6-8-14(16)3/h6-11,13H,12H2,1-5H3/q+1. The summed E-state index contributed by atoms with van der Waals surface area (Å²) in [6.45, 7) is 8.94. The molecule has 0 N–H and O–H groups in total. The van der Waals surface area contributed by atoms with Gasteiger partial charge in [0.25, 0.3) is 0 Å². The van der Waals surface area contributed by atoms with E-state index in [0.29, 0.717) is 5.92 Å². The van der Waals surface area contributed by atoms with Crippen LogP contribution in [0.5, 0.6) is 0 Å². The number of hydrogen-bond acceptors (Lipinski definition) is 0. The highest BCUT2D eigenvalue weighted by Gasteiger charge is 2.19. The van der Waals surface area contributed by atoms with E-state index in [9.17, 15) is 0 Å². The zero-order valence-electron chi connectivity index (χ0n) is 12.7. The van der Waals surface area contributed by atoms with Crippen LogP contribution in [0, 0.1) is 19.8 Å². The molecule has 0 aliphatic carbocycles. The van der Waals surface area contributed by atoms with Crippen molar-refractivity contribution >= 4 is 0 Å². The highest BCUT2D eigenvalue weighted by Crippen LogP contribution is 2.21. The largest absolute Gasteiger partial charge is 0.212 e. The molecule has 0 saturated heterocycles. The van der Waals surface area contributed by atoms with Crippen LogP contribution in [-0.2, 0) is 13.5 Å². The van der Waals surface area contributed by atoms with Crippen molar-refractivity contribution in [3.05, 3.63) is 53.2 Å². The van der Waals surface area contributed by atoms with Crippen LogP contribution in [0.4, 0.5) is 0 Å². The van der Waals surface area contributed by atoms with Gasteiger partial charge in [-0.1, -0.05) is 32.0 Å². The van der Waals surface area contributed by atoms with Crippen LogP contribution < -0.4 is 4.57 Å². The predicted octanol–water partition coefficient (Wildman–Crippen LogP) is 3.99. The number of benzene rings is 1. The monoisotopic (exact) mass is 254 g/mol. The molecule has 0 saturated carbocycles. The molecule has 0 unspecified atom stereocenters. The first-order valence-corrected chi connectivity index (χ1v) is 7.05. The third-order valence-corrected chi connectivity index (χ3v) is 3.74. The average Bonchev–Trinajstić information content (AvgIpc) is 2.36. The van der Waals surface area contributed by atoms with Gasteiger partial charge in [0.05, 0.1) is 0 Å². The molecule has 0 aliphatic heterocycles. The summed E-state index contributed by atoms with van der Waals surface area (Å²) in [6, 6.07) is 13.1. The topological polar surface area (TPSA) is 3.88 Å². The lowest BCUT2D eigenvalue weighted by Crippen LogP contribution is -2.38. The van der Waals surface area contributed by atoms with Gasteiger partial charge in [0.2, 0.25) is 5.69 Å². The molecule has 1 heterocycles. The third-order valence-electron chi connectivity index (χ3n) is 3.74. The lowest BCUT2D eigenvalue weighted by Gasteiger charge is -2.11. The Bertz CT molecular complexity index is 582. The Morgan fingerprint density at radius 3 is 2.26 bits per heavy atom. The Kier molecular flexibility index (Phi) is 4.04. The van der Waals surface area contributed by atoms with Crippen molar-refractivity contribution in [2.24, 2.45) is 13.0 Å². The third kappa shape index (κ3) is 2.86. The zero-order chi connectivity index (χ0) is 14.0. The summed E-state index contributed by atoms with van der Waals surface area (Å²) >= 11 is 0. The molecule has 19 heavy (non-hydrogen) atoms. The molecule has 1 aromatic heterocycles. The molecule has 2 aromatic rings. The van der Waals surface area contributed by atoms with Crippen LogP contribution in [0.25, 0.3) is 11.3 Å². The fraction of sp³-hybridized carbons (Fsp3) is 0.389. The highest BCUT2D eigenvalue weighted by molar-refractivity contribution is 5.60. The Hall–Kier alpha value is -1.63. The number of rotatable bonds is 3. The second kappa shape index (κ2) is 5.56. The molecular weight excluding hydrogens is 230 g/mol. The molecule has 0 amide bonds. The van der Waals surface area contributed by atoms with E-state index >= 15 is 0 Å². The van der Waals surface area contributed by atoms with E-state index in [-0.39, 0.29) is 0 Å². The van der Waals surface area contributed by atoms with E-state index in [1.54, 1.807) is 0 Å². The lowest BCUT2D eigenvalue weighted by molar-refractivity contribution is -0.668. The van der Waals surface area contributed by atoms with Crippen LogP contribution in [-0.4, -0.2) is 0 Å². The first-order valence-electron chi connectivity index (χ1n) is 7.05. The van der Waals surface area contributed by atoms with Crippen molar-refractivity contribution in [1.29, 1.82) is 0 Å². The molecule has 2 rings (SSSR count). The minimum absolute atomic E-state index is 0.678. The molecular formula is C18H24N+. The molecule has 0 bridgehead atoms. The average molecular weight is 254 g/mol. The quantitative estimate of drug-likeness (QED) is 0.729. The maximum Gasteiger partial charge on any atom is 0.212 e. The van der Waals surface area contributed by atoms with Gasteiger partial charge in [0.1, 0.15) is 7.05 Å². The summed E-state index contributed by atoms with van der Waals surface area (Å²) in [5, 5.41) is 0. The number of aryl methyl sites for hydroxylation is 2. The van der Waals surface area contributed by atoms with Crippen LogP contribution in [0.1, 0.15) is 30.7 Å². The zero-order valence-corrected chi connectivity index (χ0v) is 12.7. The van der Waals surface area contributed by atoms with Gasteiger partial charge in [-0.25, -0.2) is 0 Å². The lowest BCUT2D eigenvalue weighted by atomic mass is 10.00. The number of nitrogens with zero attached hydrogens (tertiary/aromatic N) is 1. The molecule has 100 valence electrons. The van der Waals surface area contributed by atoms with Gasteiger partial charge in [-0.3, -0.25) is 0 Å². The molecule has 0 radical (unpaired) electrons. The molecule has 0 atom stereocenters. The molecule has 0 spiro atoms. The second-order valence-corrected chi connectivity index (χ2v) is 5.82. The summed E-state index contributed by atoms with van der Waals surface area (Å²) in [5.41, 5.74) is 6.79. The maximum atomic E-state index is 2.36. The smallest absolute Gasteiger partial charge is 0.198 e. The normalized spacial score (nSPS) is 11.1. The maximum absolute atomic E-state index is 2.36. The Balaban J connectivity index is 2.57. The summed E-state index contributed by atoms with van der Waals surface area (Å²) in [5.74, 6) is 0.678. The van der Waals surface area contributed by atoms with Crippen molar-refractivity contribution in [2.75, 3.05) is 0 Å². The van der Waals surface area contributed by atoms with Gasteiger partial charge in [-0.15, -0.1) is 0 Å². The molecule has 1 nitrogen and oxygen atoms in total. The summed E-state index contributed by atoms with van der Waals surface area (Å²) in [7, 11) is 2.19. The Labute approximate surface area is 116 Å². The van der Waals surface area contributed by atoms with Crippen molar-refractivity contribution in [1.82, 2.24) is 0 Å². The number of pyridine rings is 1. The summed E-state index contributed by atoms with van der Waals surface area (Å²) in [6.07, 6.45) is 1.13. The van der Waals surface area contributed by atoms with E-state index in [1.807, 2.05) is 0 Å². The highest BCUT2D eigenvalue weighted by atomic mass is 14.9. The fourth-order valence-corrected chi connectivity index (χ4v) is 2.64. The molecule has 1 heteroatoms. The summed E-state index contributed by atoms with van der Waals surface area (Å²) in [4.78, 5) is 0. The SMILES string of the molecule is Cc1ccccc1-c1ccc(C)c(CC(C)C)[n+]1C. The van der Waals surface area contributed by atoms with E-state index in [2.05, 4.69) is 75.7 Å². The van der Waals surface area contributed by atoms with Gasteiger partial charge in [-0.2, -0.15) is 4.57 Å². The minimum atomic E-state index is 0.678. The number of hydrogen-bond donors (Lipinski definition) is 0. The van der Waals surface area contributed by atoms with Gasteiger partial charge >= 0.3 is 0 Å². The molecule has 0 aliphatic rings. The van der Waals surface area contributed by atoms with Crippen molar-refractivity contribution in [3.63, 3.8) is 0 Å². The van der Waals surface area contributed by atoms with Crippen LogP contribution >= 0.6 is 0 Å². The minimum Gasteiger partial charge on any atom is -0.198 e. The van der Waals surface area contributed by atoms with Gasteiger partial charge < -0.3 is 0 Å². The van der Waals surface area contributed by atoms with E-state index in [4.69, 9.17) is 0 Å². The second-order valence-electron chi connectivity index (χ2n) is 5.82. The fourth-order valence-electron chi connectivity index (χ4n) is 2.64. The first kappa shape index (κ1) is 13.8. The van der Waals surface area contributed by atoms with Crippen molar-refractivity contribution in [2.45, 2.75) is 34.1 Å². The van der Waals surface area contributed by atoms with Crippen LogP contribution in [0.15, 0.2) is 36.4 Å². The Morgan fingerprint density at radius 2 is 1.63 bits per heavy atom. The van der Waals surface area contributed by atoms with Gasteiger partial charge in [0.15, 0.2) is 5.69 Å². The number of aromatic nitrogens is 1. The molecule has 1 aromatic carbocycles. The van der Waals surface area contributed by atoms with Gasteiger partial charge in [-0.05, 0) is 37.5 Å². The van der Waals surface area contributed by atoms with Gasteiger partial charge in [0, 0.05) is 23.6 Å². The van der Waals surface area contributed by atoms with E-state index in [0.717, 1.165) is 6.42 Å². The Morgan fingerprint density at radius 1 is 0.947 bits per heavy atom. The molecule has 0 fully saturated rings. The van der Waals surface area contributed by atoms with Crippen molar-refractivity contribution in [3.8, 4) is 11.3 Å². The predicted molar refractivity (Wildman–Crippen MR) is 81.1 cm³/mol. The summed E-state index contributed by atoms with van der Waals surface area (Å²) < 4.78 is 2.36. The van der Waals surface area contributed by atoms with E-state index < -0.39 is 0 Å². The first-order chi connectivity index (χ1) is 9.00.